The molecule has 0 aliphatic rings. The van der Waals surface area contributed by atoms with Crippen LogP contribution in [0.15, 0.2) is 97.1 Å². The van der Waals surface area contributed by atoms with E-state index in [1.165, 1.54) is 97.1 Å². The summed E-state index contributed by atoms with van der Waals surface area (Å²) in [7, 11) is 0. The van der Waals surface area contributed by atoms with Crippen LogP contribution in [0.1, 0.15) is 41.4 Å². The predicted molar refractivity (Wildman–Crippen MR) is 144 cm³/mol. The number of aromatic carboxylic acids is 4. The second-order valence-electron chi connectivity index (χ2n) is 7.64. The summed E-state index contributed by atoms with van der Waals surface area (Å²) in [6.45, 7) is 0. The maximum absolute atomic E-state index is 10.2. The van der Waals surface area contributed by atoms with Crippen LogP contribution in [0.2, 0.25) is 0 Å². The maximum atomic E-state index is 10.2. The fourth-order valence-electron chi connectivity index (χ4n) is 2.48. The molecule has 4 aromatic carbocycles. The van der Waals surface area contributed by atoms with E-state index in [0.29, 0.717) is 22.7 Å². The standard InChI is InChI=1S/4C7H7NO2.C/c4*8-6-3-1-5(2-4-6)7(9)10;/h4*1-4H,8H2,(H,9,10);/q;;;;+4/p-4. The molecule has 4 rings (SSSR count). The minimum atomic E-state index is -1.18. The van der Waals surface area contributed by atoms with Crippen LogP contribution in [0.3, 0.4) is 0 Å². The first-order chi connectivity index (χ1) is 18.8. The fraction of sp³-hybridized carbons (Fsp3) is 0. The Morgan fingerprint density at radius 2 is 0.463 bits per heavy atom. The minimum absolute atomic E-state index is 0. The van der Waals surface area contributed by atoms with E-state index in [1.54, 1.807) is 0 Å². The van der Waals surface area contributed by atoms with Crippen molar-refractivity contribution < 1.29 is 39.6 Å². The number of anilines is 4. The minimum Gasteiger partial charge on any atom is -0.545 e. The van der Waals surface area contributed by atoms with Gasteiger partial charge in [0.05, 0.1) is 23.9 Å². The van der Waals surface area contributed by atoms with Crippen LogP contribution in [0.5, 0.6) is 0 Å². The van der Waals surface area contributed by atoms with E-state index in [4.69, 9.17) is 22.9 Å². The molecule has 0 fully saturated rings. The van der Waals surface area contributed by atoms with E-state index >= 15 is 0 Å². The predicted octanol–water partition coefficient (Wildman–Crippen LogP) is -1.39. The molecule has 0 radical (unpaired) electrons. The Bertz CT molecular complexity index is 1180. The number of carbonyl (C=O) groups is 4. The van der Waals surface area contributed by atoms with Gasteiger partial charge in [0.15, 0.2) is 0 Å². The van der Waals surface area contributed by atoms with Gasteiger partial charge in [0.2, 0.25) is 0 Å². The number of carboxylic acid groups (broad SMARTS) is 4. The van der Waals surface area contributed by atoms with Crippen molar-refractivity contribution in [1.82, 2.24) is 0 Å². The van der Waals surface area contributed by atoms with Gasteiger partial charge in [-0.1, -0.05) is 48.5 Å². The molecule has 0 aromatic heterocycles. The number of carboxylic acids is 4. The summed E-state index contributed by atoms with van der Waals surface area (Å²) in [5.41, 5.74) is 24.0. The van der Waals surface area contributed by atoms with Crippen molar-refractivity contribution in [2.24, 2.45) is 0 Å². The van der Waals surface area contributed by atoms with Gasteiger partial charge in [-0.15, -0.1) is 0 Å². The monoisotopic (exact) mass is 556 g/mol. The second-order valence-corrected chi connectivity index (χ2v) is 7.64. The average Bonchev–Trinajstić information content (AvgIpc) is 2.91. The zero-order chi connectivity index (χ0) is 30.2. The maximum Gasteiger partial charge on any atom is 4.00 e. The van der Waals surface area contributed by atoms with E-state index < -0.39 is 23.9 Å². The number of carbonyl (C=O) groups excluding carboxylic acids is 4. The van der Waals surface area contributed by atoms with Crippen molar-refractivity contribution in [1.29, 1.82) is 0 Å². The van der Waals surface area contributed by atoms with Gasteiger partial charge in [-0.25, -0.2) is 0 Å². The first-order valence-electron chi connectivity index (χ1n) is 11.1. The Balaban J connectivity index is 0.000000516. The number of rotatable bonds is 4. The molecule has 41 heavy (non-hydrogen) atoms. The number of nitrogen functional groups attached to an aromatic ring is 4. The summed E-state index contributed by atoms with van der Waals surface area (Å²) in [6.07, 6.45) is 0. The van der Waals surface area contributed by atoms with E-state index in [2.05, 4.69) is 0 Å². The number of benzene rings is 4. The second kappa shape index (κ2) is 17.5. The third-order valence-electron chi connectivity index (χ3n) is 4.59. The number of hydrogen-bond acceptors (Lipinski definition) is 12. The Morgan fingerprint density at radius 1 is 0.341 bits per heavy atom. The first kappa shape index (κ1) is 35.0. The summed E-state index contributed by atoms with van der Waals surface area (Å²) in [5.74, 6) is -4.72. The van der Waals surface area contributed by atoms with Crippen LogP contribution in [-0.2, 0) is 0 Å². The van der Waals surface area contributed by atoms with E-state index in [9.17, 15) is 39.6 Å². The summed E-state index contributed by atoms with van der Waals surface area (Å²) in [5, 5.41) is 40.6. The topological polar surface area (TPSA) is 265 Å². The molecule has 8 N–H and O–H groups in total. The molecule has 0 heterocycles. The molecule has 0 saturated heterocycles. The molecule has 208 valence electrons. The molecule has 0 spiro atoms. The fourth-order valence-corrected chi connectivity index (χ4v) is 2.48. The zero-order valence-electron chi connectivity index (χ0n) is 21.3. The largest absolute Gasteiger partial charge is 4.00 e. The van der Waals surface area contributed by atoms with Crippen molar-refractivity contribution in [3.63, 3.8) is 0 Å². The molecule has 12 heteroatoms. The number of nitrogens with two attached hydrogens (primary N) is 4. The van der Waals surface area contributed by atoms with Crippen LogP contribution in [0.25, 0.3) is 0 Å². The molecular formula is C29H24N4O8. The molecule has 0 bridgehead atoms. The van der Waals surface area contributed by atoms with E-state index in [0.717, 1.165) is 0 Å². The SMILES string of the molecule is Nc1ccc(C(=O)[O-])cc1.Nc1ccc(C(=O)[O-])cc1.Nc1ccc(C(=O)[O-])cc1.Nc1ccc(C(=O)[O-])cc1.[C+4]. The van der Waals surface area contributed by atoms with Crippen molar-refractivity contribution in [3.05, 3.63) is 127 Å². The Morgan fingerprint density at radius 3 is 0.561 bits per heavy atom. The van der Waals surface area contributed by atoms with Crippen molar-refractivity contribution >= 4 is 46.6 Å². The van der Waals surface area contributed by atoms with Gasteiger partial charge in [-0.05, 0) is 70.8 Å². The Hall–Kier alpha value is -6.04. The van der Waals surface area contributed by atoms with Gasteiger partial charge in [-0.2, -0.15) is 0 Å². The van der Waals surface area contributed by atoms with Crippen LogP contribution in [0, 0.1) is 7.43 Å². The molecular weight excluding hydrogens is 532 g/mol. The first-order valence-corrected chi connectivity index (χ1v) is 11.1. The zero-order valence-corrected chi connectivity index (χ0v) is 21.3. The average molecular weight is 557 g/mol. The molecule has 0 atom stereocenters. The molecule has 0 aliphatic heterocycles. The van der Waals surface area contributed by atoms with Crippen molar-refractivity contribution in [3.8, 4) is 0 Å². The molecule has 0 unspecified atom stereocenters. The molecule has 4 aromatic rings. The Labute approximate surface area is 236 Å². The number of hydrogen-bond donors (Lipinski definition) is 4. The van der Waals surface area contributed by atoms with E-state index in [1.807, 2.05) is 0 Å². The van der Waals surface area contributed by atoms with E-state index in [-0.39, 0.29) is 29.7 Å². The van der Waals surface area contributed by atoms with Crippen molar-refractivity contribution in [2.45, 2.75) is 0 Å². The Kier molecular flexibility index (Phi) is 14.9. The molecule has 12 nitrogen and oxygen atoms in total. The van der Waals surface area contributed by atoms with Gasteiger partial charge < -0.3 is 62.5 Å². The molecule has 0 amide bonds. The normalized spacial score (nSPS) is 8.98. The molecule has 0 saturated carbocycles. The van der Waals surface area contributed by atoms with Gasteiger partial charge >= 0.3 is 7.43 Å². The van der Waals surface area contributed by atoms with Gasteiger partial charge in [0.25, 0.3) is 0 Å². The summed E-state index contributed by atoms with van der Waals surface area (Å²) in [4.78, 5) is 40.6. The summed E-state index contributed by atoms with van der Waals surface area (Å²) >= 11 is 0. The van der Waals surface area contributed by atoms with Crippen LogP contribution in [-0.4, -0.2) is 23.9 Å². The van der Waals surface area contributed by atoms with Gasteiger partial charge in [0.1, 0.15) is 0 Å². The van der Waals surface area contributed by atoms with Gasteiger partial charge in [-0.3, -0.25) is 0 Å². The van der Waals surface area contributed by atoms with Crippen LogP contribution >= 0.6 is 0 Å². The quantitative estimate of drug-likeness (QED) is 0.212. The third-order valence-corrected chi connectivity index (χ3v) is 4.59. The van der Waals surface area contributed by atoms with Crippen LogP contribution in [0.4, 0.5) is 22.7 Å². The van der Waals surface area contributed by atoms with Crippen molar-refractivity contribution in [2.75, 3.05) is 22.9 Å². The third kappa shape index (κ3) is 13.9. The molecule has 0 aliphatic carbocycles. The van der Waals surface area contributed by atoms with Crippen LogP contribution < -0.4 is 43.4 Å². The van der Waals surface area contributed by atoms with Gasteiger partial charge in [0, 0.05) is 22.7 Å². The summed E-state index contributed by atoms with van der Waals surface area (Å²) in [6, 6.07) is 23.4. The smallest absolute Gasteiger partial charge is 0.545 e. The summed E-state index contributed by atoms with van der Waals surface area (Å²) < 4.78 is 0.